The molecule has 0 bridgehead atoms. The average molecular weight is 425 g/mol. The van der Waals surface area contributed by atoms with Gasteiger partial charge in [0.1, 0.15) is 5.75 Å². The number of carbonyl (C=O) groups excluding carboxylic acids is 2. The number of H-pyrrole nitrogens is 1. The predicted molar refractivity (Wildman–Crippen MR) is 115 cm³/mol. The molecule has 2 amide bonds. The van der Waals surface area contributed by atoms with Crippen LogP contribution in [0.2, 0.25) is 5.02 Å². The summed E-state index contributed by atoms with van der Waals surface area (Å²) in [5.74, 6) is -1.08. The van der Waals surface area contributed by atoms with E-state index in [1.807, 2.05) is 19.1 Å². The Morgan fingerprint density at radius 1 is 1.30 bits per heavy atom. The zero-order chi connectivity index (χ0) is 21.4. The lowest BCUT2D eigenvalue weighted by molar-refractivity contribution is -0.121. The van der Waals surface area contributed by atoms with Gasteiger partial charge in [-0.3, -0.25) is 14.7 Å². The van der Waals surface area contributed by atoms with E-state index in [0.717, 1.165) is 23.0 Å². The first-order chi connectivity index (χ1) is 14.4. The Kier molecular flexibility index (Phi) is 5.22. The Bertz CT molecular complexity index is 1200. The van der Waals surface area contributed by atoms with Crippen molar-refractivity contribution in [2.24, 2.45) is 0 Å². The van der Waals surface area contributed by atoms with E-state index in [9.17, 15) is 14.7 Å². The third-order valence-electron chi connectivity index (χ3n) is 5.33. The summed E-state index contributed by atoms with van der Waals surface area (Å²) in [5, 5.41) is 24.1. The summed E-state index contributed by atoms with van der Waals surface area (Å²) >= 11 is 5.92. The van der Waals surface area contributed by atoms with Crippen molar-refractivity contribution >= 4 is 40.0 Å². The number of aromatic amines is 1. The molecule has 1 atom stereocenters. The fourth-order valence-electron chi connectivity index (χ4n) is 3.84. The molecule has 0 spiro atoms. The second kappa shape index (κ2) is 7.84. The fraction of sp³-hybridized carbons (Fsp3) is 0.227. The highest BCUT2D eigenvalue weighted by Crippen LogP contribution is 2.36. The van der Waals surface area contributed by atoms with Gasteiger partial charge < -0.3 is 15.7 Å². The van der Waals surface area contributed by atoms with Crippen LogP contribution in [0.3, 0.4) is 0 Å². The van der Waals surface area contributed by atoms with E-state index in [0.29, 0.717) is 22.5 Å². The Balaban J connectivity index is 1.68. The van der Waals surface area contributed by atoms with Crippen molar-refractivity contribution in [3.8, 4) is 5.75 Å². The number of carbonyl (C=O) groups is 2. The first kappa shape index (κ1) is 20.0. The lowest BCUT2D eigenvalue weighted by atomic mass is 9.84. The van der Waals surface area contributed by atoms with Crippen LogP contribution in [0.4, 0.5) is 5.69 Å². The van der Waals surface area contributed by atoms with Gasteiger partial charge in [0.15, 0.2) is 0 Å². The van der Waals surface area contributed by atoms with Crippen molar-refractivity contribution in [3.63, 3.8) is 0 Å². The van der Waals surface area contributed by atoms with Crippen molar-refractivity contribution in [2.75, 3.05) is 5.32 Å². The molecule has 7 nitrogen and oxygen atoms in total. The number of aryl methyl sites for hydroxylation is 1. The third-order valence-corrected chi connectivity index (χ3v) is 5.65. The Morgan fingerprint density at radius 2 is 2.10 bits per heavy atom. The minimum absolute atomic E-state index is 0.0879. The number of anilines is 1. The van der Waals surface area contributed by atoms with Gasteiger partial charge in [0.05, 0.1) is 10.5 Å². The topological polar surface area (TPSA) is 107 Å². The molecule has 1 unspecified atom stereocenters. The molecule has 4 rings (SSSR count). The number of phenolic OH excluding ortho intramolecular Hbond substituents is 1. The molecule has 0 aliphatic carbocycles. The quantitative estimate of drug-likeness (QED) is 0.507. The molecule has 8 heteroatoms. The van der Waals surface area contributed by atoms with Crippen LogP contribution in [0.1, 0.15) is 37.4 Å². The molecule has 1 aliphatic rings. The van der Waals surface area contributed by atoms with E-state index in [2.05, 4.69) is 20.8 Å². The van der Waals surface area contributed by atoms with E-state index in [1.54, 1.807) is 25.1 Å². The molecule has 2 heterocycles. The highest BCUT2D eigenvalue weighted by Gasteiger charge is 2.32. The maximum Gasteiger partial charge on any atom is 0.253 e. The molecular weight excluding hydrogens is 404 g/mol. The Morgan fingerprint density at radius 3 is 2.83 bits per heavy atom. The van der Waals surface area contributed by atoms with E-state index < -0.39 is 5.92 Å². The van der Waals surface area contributed by atoms with Gasteiger partial charge in [-0.05, 0) is 49.2 Å². The molecule has 0 fully saturated rings. The molecule has 3 aromatic rings. The molecule has 0 radical (unpaired) electrons. The number of allylic oxidation sites excluding steroid dienone is 1. The average Bonchev–Trinajstić information content (AvgIpc) is 3.11. The lowest BCUT2D eigenvalue weighted by Gasteiger charge is -2.27. The van der Waals surface area contributed by atoms with Gasteiger partial charge in [-0.15, -0.1) is 0 Å². The number of nitrogens with one attached hydrogen (secondary N) is 3. The highest BCUT2D eigenvalue weighted by atomic mass is 35.5. The van der Waals surface area contributed by atoms with E-state index in [-0.39, 0.29) is 29.0 Å². The first-order valence-electron chi connectivity index (χ1n) is 9.64. The number of phenols is 1. The maximum absolute atomic E-state index is 13.2. The minimum Gasteiger partial charge on any atom is -0.506 e. The number of nitrogens with zero attached hydrogens (tertiary/aromatic N) is 1. The molecule has 154 valence electrons. The third kappa shape index (κ3) is 3.64. The van der Waals surface area contributed by atoms with Gasteiger partial charge in [-0.25, -0.2) is 0 Å². The molecular formula is C22H21ClN4O3. The van der Waals surface area contributed by atoms with Gasteiger partial charge in [0.2, 0.25) is 5.91 Å². The van der Waals surface area contributed by atoms with Crippen molar-refractivity contribution in [1.29, 1.82) is 0 Å². The largest absolute Gasteiger partial charge is 0.506 e. The van der Waals surface area contributed by atoms with Crippen molar-refractivity contribution in [1.82, 2.24) is 15.5 Å². The molecule has 0 saturated carbocycles. The summed E-state index contributed by atoms with van der Waals surface area (Å²) in [4.78, 5) is 25.4. The monoisotopic (exact) mass is 424 g/mol. The van der Waals surface area contributed by atoms with Gasteiger partial charge in [-0.1, -0.05) is 24.6 Å². The Labute approximate surface area is 178 Å². The normalized spacial score (nSPS) is 16.6. The smallest absolute Gasteiger partial charge is 0.253 e. The van der Waals surface area contributed by atoms with Gasteiger partial charge >= 0.3 is 0 Å². The number of hydrogen-bond acceptors (Lipinski definition) is 4. The number of halogens is 1. The molecule has 2 aromatic carbocycles. The van der Waals surface area contributed by atoms with Crippen molar-refractivity contribution in [2.45, 2.75) is 32.6 Å². The van der Waals surface area contributed by atoms with Crippen LogP contribution in [0.5, 0.6) is 5.75 Å². The number of benzene rings is 2. The summed E-state index contributed by atoms with van der Waals surface area (Å²) in [6.45, 7) is 3.73. The second-order valence-electron chi connectivity index (χ2n) is 7.30. The highest BCUT2D eigenvalue weighted by molar-refractivity contribution is 6.32. The molecule has 30 heavy (non-hydrogen) atoms. The zero-order valence-electron chi connectivity index (χ0n) is 16.5. The maximum atomic E-state index is 13.2. The van der Waals surface area contributed by atoms with E-state index >= 15 is 0 Å². The second-order valence-corrected chi connectivity index (χ2v) is 7.70. The Hall–Kier alpha value is -3.32. The predicted octanol–water partition coefficient (Wildman–Crippen LogP) is 4.00. The van der Waals surface area contributed by atoms with Crippen LogP contribution in [0.25, 0.3) is 10.9 Å². The lowest BCUT2D eigenvalue weighted by Crippen LogP contribution is -2.35. The number of fused-ring (bicyclic) bond motifs is 1. The summed E-state index contributed by atoms with van der Waals surface area (Å²) in [7, 11) is 0. The fourth-order valence-corrected chi connectivity index (χ4v) is 3.96. The number of aromatic hydroxyl groups is 1. The number of amides is 2. The summed E-state index contributed by atoms with van der Waals surface area (Å²) in [5.41, 5.74) is 4.05. The van der Waals surface area contributed by atoms with Crippen LogP contribution in [0, 0.1) is 0 Å². The molecule has 1 aliphatic heterocycles. The zero-order valence-corrected chi connectivity index (χ0v) is 17.3. The van der Waals surface area contributed by atoms with Crippen LogP contribution in [-0.4, -0.2) is 27.1 Å². The first-order valence-corrected chi connectivity index (χ1v) is 10.0. The van der Waals surface area contributed by atoms with Crippen LogP contribution in [-0.2, 0) is 16.0 Å². The van der Waals surface area contributed by atoms with Gasteiger partial charge in [0.25, 0.3) is 5.91 Å². The summed E-state index contributed by atoms with van der Waals surface area (Å²) < 4.78 is 0. The summed E-state index contributed by atoms with van der Waals surface area (Å²) in [6.07, 6.45) is 0.897. The van der Waals surface area contributed by atoms with Crippen molar-refractivity contribution < 1.29 is 14.7 Å². The molecule has 4 N–H and O–H groups in total. The van der Waals surface area contributed by atoms with Gasteiger partial charge in [0, 0.05) is 40.4 Å². The molecule has 0 saturated heterocycles. The summed E-state index contributed by atoms with van der Waals surface area (Å²) in [6, 6.07) is 10.3. The number of rotatable bonds is 4. The van der Waals surface area contributed by atoms with Crippen molar-refractivity contribution in [3.05, 3.63) is 63.9 Å². The van der Waals surface area contributed by atoms with E-state index in [4.69, 9.17) is 11.6 Å². The molecule has 1 aromatic heterocycles. The van der Waals surface area contributed by atoms with Crippen LogP contribution >= 0.6 is 11.6 Å². The van der Waals surface area contributed by atoms with Crippen LogP contribution < -0.4 is 10.6 Å². The number of aromatic nitrogens is 2. The number of hydrogen-bond donors (Lipinski definition) is 4. The standard InChI is InChI=1S/C22H21ClN4O3/c1-3-17-15-9-13(5-7-18(15)27-26-17)25-22(30)21-11(2)24-20(29)10-14(21)12-4-6-16(23)19(28)8-12/h4-9,14,28H,3,10H2,1-2H3,(H,24,29)(H,25,30)(H,26,27). The van der Waals surface area contributed by atoms with Gasteiger partial charge in [-0.2, -0.15) is 5.10 Å². The SMILES string of the molecule is CCc1[nH]nc2ccc(NC(=O)C3=C(C)NC(=O)CC3c3ccc(Cl)c(O)c3)cc12. The van der Waals surface area contributed by atoms with Crippen LogP contribution in [0.15, 0.2) is 47.7 Å². The minimum atomic E-state index is -0.495. The van der Waals surface area contributed by atoms with E-state index in [1.165, 1.54) is 6.07 Å².